The molecule has 0 radical (unpaired) electrons. The van der Waals surface area contributed by atoms with E-state index in [1.807, 2.05) is 47.2 Å². The van der Waals surface area contributed by atoms with E-state index in [1.54, 1.807) is 12.5 Å². The minimum Gasteiger partial charge on any atom is -0.305 e. The number of hydrogen-bond donors (Lipinski definition) is 0. The summed E-state index contributed by atoms with van der Waals surface area (Å²) in [5, 5.41) is 8.74. The summed E-state index contributed by atoms with van der Waals surface area (Å²) in [5.74, 6) is 0. The molecule has 0 aliphatic heterocycles. The first kappa shape index (κ1) is 9.22. The molecule has 0 aliphatic carbocycles. The molecule has 1 aromatic heterocycles. The van der Waals surface area contributed by atoms with Gasteiger partial charge in [-0.3, -0.25) is 0 Å². The average molecular weight is 195 g/mol. The van der Waals surface area contributed by atoms with Gasteiger partial charge < -0.3 is 4.57 Å². The van der Waals surface area contributed by atoms with E-state index in [0.29, 0.717) is 0 Å². The van der Waals surface area contributed by atoms with Gasteiger partial charge in [-0.1, -0.05) is 30.3 Å². The molecule has 0 fully saturated rings. The van der Waals surface area contributed by atoms with Crippen LogP contribution in [0.25, 0.3) is 5.70 Å². The molecule has 1 heterocycles. The lowest BCUT2D eigenvalue weighted by atomic mass is 10.1. The first-order valence-electron chi connectivity index (χ1n) is 4.55. The molecule has 0 bridgehead atoms. The second-order valence-corrected chi connectivity index (χ2v) is 2.99. The van der Waals surface area contributed by atoms with Crippen molar-refractivity contribution in [1.29, 1.82) is 5.26 Å². The molecular formula is C12H9N3. The van der Waals surface area contributed by atoms with Gasteiger partial charge in [0.1, 0.15) is 0 Å². The van der Waals surface area contributed by atoms with Crippen LogP contribution in [0.2, 0.25) is 0 Å². The molecule has 0 atom stereocenters. The van der Waals surface area contributed by atoms with Gasteiger partial charge in [-0.05, 0) is 5.56 Å². The molecule has 0 unspecified atom stereocenters. The fourth-order valence-electron chi connectivity index (χ4n) is 1.38. The number of rotatable bonds is 2. The van der Waals surface area contributed by atoms with Crippen LogP contribution in [0.4, 0.5) is 0 Å². The second-order valence-electron chi connectivity index (χ2n) is 2.99. The number of allylic oxidation sites excluding steroid dienone is 1. The molecule has 2 aromatic rings. The zero-order chi connectivity index (χ0) is 10.5. The van der Waals surface area contributed by atoms with Gasteiger partial charge in [-0.25, -0.2) is 4.98 Å². The largest absolute Gasteiger partial charge is 0.305 e. The van der Waals surface area contributed by atoms with Crippen LogP contribution in [0.3, 0.4) is 0 Å². The monoisotopic (exact) mass is 195 g/mol. The Morgan fingerprint density at radius 1 is 1.33 bits per heavy atom. The van der Waals surface area contributed by atoms with Crippen molar-refractivity contribution >= 4 is 5.70 Å². The minimum atomic E-state index is 0.829. The predicted molar refractivity (Wildman–Crippen MR) is 57.7 cm³/mol. The quantitative estimate of drug-likeness (QED) is 0.690. The molecule has 0 spiro atoms. The Morgan fingerprint density at radius 3 is 2.73 bits per heavy atom. The summed E-state index contributed by atoms with van der Waals surface area (Å²) in [5.41, 5.74) is 1.83. The van der Waals surface area contributed by atoms with Crippen LogP contribution in [0.5, 0.6) is 0 Å². The number of imidazole rings is 1. The molecule has 2 rings (SSSR count). The molecule has 0 N–H and O–H groups in total. The van der Waals surface area contributed by atoms with Crippen LogP contribution in [0, 0.1) is 11.3 Å². The Bertz CT molecular complexity index is 489. The second kappa shape index (κ2) is 4.25. The Hall–Kier alpha value is -2.34. The van der Waals surface area contributed by atoms with Crippen molar-refractivity contribution in [3.63, 3.8) is 0 Å². The normalized spacial score (nSPS) is 11.0. The van der Waals surface area contributed by atoms with Crippen molar-refractivity contribution in [3.05, 3.63) is 60.7 Å². The van der Waals surface area contributed by atoms with Gasteiger partial charge in [0.05, 0.1) is 18.1 Å². The maximum absolute atomic E-state index is 8.74. The summed E-state index contributed by atoms with van der Waals surface area (Å²) in [7, 11) is 0. The lowest BCUT2D eigenvalue weighted by Crippen LogP contribution is -1.95. The predicted octanol–water partition coefficient (Wildman–Crippen LogP) is 2.30. The highest BCUT2D eigenvalue weighted by Crippen LogP contribution is 2.15. The summed E-state index contributed by atoms with van der Waals surface area (Å²) in [4.78, 5) is 3.96. The van der Waals surface area contributed by atoms with Gasteiger partial charge >= 0.3 is 0 Å². The van der Waals surface area contributed by atoms with Crippen LogP contribution in [-0.2, 0) is 0 Å². The van der Waals surface area contributed by atoms with E-state index in [9.17, 15) is 0 Å². The van der Waals surface area contributed by atoms with Crippen molar-refractivity contribution < 1.29 is 0 Å². The summed E-state index contributed by atoms with van der Waals surface area (Å²) in [6.07, 6.45) is 6.69. The fraction of sp³-hybridized carbons (Fsp3) is 0. The Kier molecular flexibility index (Phi) is 2.61. The molecule has 1 aromatic carbocycles. The maximum atomic E-state index is 8.74. The smallest absolute Gasteiger partial charge is 0.0992 e. The van der Waals surface area contributed by atoms with Crippen molar-refractivity contribution in [2.45, 2.75) is 0 Å². The third kappa shape index (κ3) is 1.94. The lowest BCUT2D eigenvalue weighted by molar-refractivity contribution is 1.09. The summed E-state index contributed by atoms with van der Waals surface area (Å²) in [6.45, 7) is 0. The third-order valence-corrected chi connectivity index (χ3v) is 2.05. The number of nitriles is 1. The van der Waals surface area contributed by atoms with Crippen LogP contribution >= 0.6 is 0 Å². The van der Waals surface area contributed by atoms with Crippen molar-refractivity contribution in [3.8, 4) is 6.07 Å². The Labute approximate surface area is 87.9 Å². The van der Waals surface area contributed by atoms with Gasteiger partial charge in [0.2, 0.25) is 0 Å². The SMILES string of the molecule is N#C/C=C(/c1ccccc1)n1ccnc1. The zero-order valence-corrected chi connectivity index (χ0v) is 8.04. The average Bonchev–Trinajstić information content (AvgIpc) is 2.80. The van der Waals surface area contributed by atoms with E-state index >= 15 is 0 Å². The van der Waals surface area contributed by atoms with E-state index in [0.717, 1.165) is 11.3 Å². The van der Waals surface area contributed by atoms with Crippen LogP contribution in [0.15, 0.2) is 55.1 Å². The third-order valence-electron chi connectivity index (χ3n) is 2.05. The molecular weight excluding hydrogens is 186 g/mol. The topological polar surface area (TPSA) is 41.6 Å². The zero-order valence-electron chi connectivity index (χ0n) is 8.04. The van der Waals surface area contributed by atoms with Crippen LogP contribution in [0.1, 0.15) is 5.56 Å². The molecule has 0 saturated carbocycles. The Morgan fingerprint density at radius 2 is 2.13 bits per heavy atom. The molecule has 15 heavy (non-hydrogen) atoms. The van der Waals surface area contributed by atoms with E-state index in [4.69, 9.17) is 5.26 Å². The first-order valence-corrected chi connectivity index (χ1v) is 4.55. The minimum absolute atomic E-state index is 0.829. The lowest BCUT2D eigenvalue weighted by Gasteiger charge is -2.06. The van der Waals surface area contributed by atoms with Gasteiger partial charge in [-0.2, -0.15) is 5.26 Å². The van der Waals surface area contributed by atoms with E-state index in [2.05, 4.69) is 4.98 Å². The standard InChI is InChI=1S/C12H9N3/c13-7-6-12(15-9-8-14-10-15)11-4-2-1-3-5-11/h1-6,8-10H/b12-6-. The molecule has 3 nitrogen and oxygen atoms in total. The molecule has 0 amide bonds. The van der Waals surface area contributed by atoms with E-state index in [-0.39, 0.29) is 0 Å². The molecule has 3 heteroatoms. The van der Waals surface area contributed by atoms with Crippen molar-refractivity contribution in [1.82, 2.24) is 9.55 Å². The summed E-state index contributed by atoms with van der Waals surface area (Å²) in [6, 6.07) is 11.8. The number of benzene rings is 1. The van der Waals surface area contributed by atoms with Gasteiger partial charge in [0, 0.05) is 18.5 Å². The molecule has 72 valence electrons. The molecule has 0 saturated heterocycles. The highest BCUT2D eigenvalue weighted by atomic mass is 15.0. The number of hydrogen-bond acceptors (Lipinski definition) is 2. The Balaban J connectivity index is 2.48. The van der Waals surface area contributed by atoms with E-state index in [1.165, 1.54) is 6.08 Å². The van der Waals surface area contributed by atoms with Gasteiger partial charge in [0.15, 0.2) is 0 Å². The van der Waals surface area contributed by atoms with Crippen LogP contribution in [-0.4, -0.2) is 9.55 Å². The summed E-state index contributed by atoms with van der Waals surface area (Å²) >= 11 is 0. The maximum Gasteiger partial charge on any atom is 0.0992 e. The van der Waals surface area contributed by atoms with Crippen LogP contribution < -0.4 is 0 Å². The molecule has 0 aliphatic rings. The van der Waals surface area contributed by atoms with Crippen molar-refractivity contribution in [2.75, 3.05) is 0 Å². The van der Waals surface area contributed by atoms with E-state index < -0.39 is 0 Å². The number of aromatic nitrogens is 2. The number of nitrogens with zero attached hydrogens (tertiary/aromatic N) is 3. The fourth-order valence-corrected chi connectivity index (χ4v) is 1.38. The van der Waals surface area contributed by atoms with Crippen molar-refractivity contribution in [2.24, 2.45) is 0 Å². The summed E-state index contributed by atoms with van der Waals surface area (Å²) < 4.78 is 1.82. The first-order chi connectivity index (χ1) is 7.42. The highest BCUT2D eigenvalue weighted by molar-refractivity contribution is 5.67. The highest BCUT2D eigenvalue weighted by Gasteiger charge is 2.01. The van der Waals surface area contributed by atoms with Gasteiger partial charge in [0.25, 0.3) is 0 Å². The van der Waals surface area contributed by atoms with Gasteiger partial charge in [-0.15, -0.1) is 0 Å².